The summed E-state index contributed by atoms with van der Waals surface area (Å²) in [5.74, 6) is 0.635. The fraction of sp³-hybridized carbons (Fsp3) is 0.533. The van der Waals surface area contributed by atoms with Gasteiger partial charge in [-0.1, -0.05) is 37.4 Å². The molecule has 0 aromatic heterocycles. The summed E-state index contributed by atoms with van der Waals surface area (Å²) in [6.07, 6.45) is 5.33. The molecule has 1 aliphatic carbocycles. The second kappa shape index (κ2) is 6.22. The lowest BCUT2D eigenvalue weighted by Crippen LogP contribution is -2.25. The maximum absolute atomic E-state index is 8.78. The van der Waals surface area contributed by atoms with Crippen molar-refractivity contribution in [2.75, 3.05) is 0 Å². The van der Waals surface area contributed by atoms with E-state index in [1.54, 1.807) is 12.1 Å². The molecule has 2 rings (SSSR count). The van der Waals surface area contributed by atoms with E-state index in [9.17, 15) is 0 Å². The number of nitriles is 1. The fourth-order valence-corrected chi connectivity index (χ4v) is 2.70. The highest BCUT2D eigenvalue weighted by molar-refractivity contribution is 6.31. The van der Waals surface area contributed by atoms with E-state index < -0.39 is 0 Å². The average molecular weight is 264 g/mol. The van der Waals surface area contributed by atoms with Crippen LogP contribution in [0.1, 0.15) is 43.7 Å². The van der Waals surface area contributed by atoms with E-state index >= 15 is 0 Å². The lowest BCUT2D eigenvalue weighted by atomic mass is 9.88. The van der Waals surface area contributed by atoms with Gasteiger partial charge in [0.15, 0.2) is 0 Å². The lowest BCUT2D eigenvalue weighted by Gasteiger charge is -2.28. The van der Waals surface area contributed by atoms with Gasteiger partial charge in [-0.3, -0.25) is 0 Å². The molecule has 0 amide bonds. The molecular formula is C15H18ClNO. The van der Waals surface area contributed by atoms with Gasteiger partial charge in [-0.05, 0) is 36.5 Å². The van der Waals surface area contributed by atoms with Crippen molar-refractivity contribution < 1.29 is 4.74 Å². The van der Waals surface area contributed by atoms with Crippen molar-refractivity contribution in [1.29, 1.82) is 5.26 Å². The molecule has 1 aromatic carbocycles. The summed E-state index contributed by atoms with van der Waals surface area (Å²) in [5.41, 5.74) is 1.56. The molecule has 18 heavy (non-hydrogen) atoms. The zero-order valence-corrected chi connectivity index (χ0v) is 11.4. The zero-order chi connectivity index (χ0) is 13.0. The first kappa shape index (κ1) is 13.4. The third-order valence-corrected chi connectivity index (χ3v) is 4.02. The smallest absolute Gasteiger partial charge is 0.0992 e. The van der Waals surface area contributed by atoms with E-state index in [1.807, 2.05) is 6.07 Å². The third kappa shape index (κ3) is 3.25. The van der Waals surface area contributed by atoms with E-state index in [4.69, 9.17) is 21.6 Å². The van der Waals surface area contributed by atoms with Gasteiger partial charge in [0, 0.05) is 5.02 Å². The summed E-state index contributed by atoms with van der Waals surface area (Å²) >= 11 is 6.13. The summed E-state index contributed by atoms with van der Waals surface area (Å²) in [6.45, 7) is 2.80. The quantitative estimate of drug-likeness (QED) is 0.814. The molecule has 2 atom stereocenters. The molecule has 0 spiro atoms. The van der Waals surface area contributed by atoms with Crippen molar-refractivity contribution >= 4 is 11.6 Å². The average Bonchev–Trinajstić information content (AvgIpc) is 2.39. The van der Waals surface area contributed by atoms with E-state index in [1.165, 1.54) is 19.3 Å². The van der Waals surface area contributed by atoms with Gasteiger partial charge in [0.1, 0.15) is 0 Å². The molecule has 2 unspecified atom stereocenters. The molecular weight excluding hydrogens is 246 g/mol. The van der Waals surface area contributed by atoms with Gasteiger partial charge >= 0.3 is 0 Å². The van der Waals surface area contributed by atoms with Crippen molar-refractivity contribution in [2.45, 2.75) is 45.3 Å². The van der Waals surface area contributed by atoms with Crippen LogP contribution in [0.15, 0.2) is 18.2 Å². The number of hydrogen-bond acceptors (Lipinski definition) is 2. The minimum absolute atomic E-state index is 0.352. The van der Waals surface area contributed by atoms with Crippen LogP contribution in [0.3, 0.4) is 0 Å². The SMILES string of the molecule is CC1CCCCC1OCc1ccc(C#N)cc1Cl. The summed E-state index contributed by atoms with van der Waals surface area (Å²) < 4.78 is 5.97. The van der Waals surface area contributed by atoms with Gasteiger partial charge in [0.2, 0.25) is 0 Å². The number of nitrogens with zero attached hydrogens (tertiary/aromatic N) is 1. The fourth-order valence-electron chi connectivity index (χ4n) is 2.46. The largest absolute Gasteiger partial charge is 0.373 e. The van der Waals surface area contributed by atoms with Crippen LogP contribution in [-0.2, 0) is 11.3 Å². The molecule has 0 saturated heterocycles. The van der Waals surface area contributed by atoms with E-state index in [2.05, 4.69) is 13.0 Å². The van der Waals surface area contributed by atoms with E-state index in [0.717, 1.165) is 12.0 Å². The number of hydrogen-bond donors (Lipinski definition) is 0. The van der Waals surface area contributed by atoms with E-state index in [0.29, 0.717) is 29.2 Å². The Balaban J connectivity index is 1.95. The Labute approximate surface area is 114 Å². The van der Waals surface area contributed by atoms with Crippen LogP contribution in [-0.4, -0.2) is 6.10 Å². The monoisotopic (exact) mass is 263 g/mol. The molecule has 1 aromatic rings. The van der Waals surface area contributed by atoms with Gasteiger partial charge in [0.25, 0.3) is 0 Å². The first-order valence-electron chi connectivity index (χ1n) is 6.51. The van der Waals surface area contributed by atoms with Crippen LogP contribution < -0.4 is 0 Å². The number of halogens is 1. The number of ether oxygens (including phenoxy) is 1. The first-order valence-corrected chi connectivity index (χ1v) is 6.88. The van der Waals surface area contributed by atoms with Crippen molar-refractivity contribution in [3.8, 4) is 6.07 Å². The minimum atomic E-state index is 0.352. The molecule has 1 saturated carbocycles. The molecule has 0 bridgehead atoms. The van der Waals surface area contributed by atoms with Gasteiger partial charge < -0.3 is 4.74 Å². The highest BCUT2D eigenvalue weighted by Gasteiger charge is 2.21. The Morgan fingerprint density at radius 3 is 2.83 bits per heavy atom. The van der Waals surface area contributed by atoms with Crippen LogP contribution in [0, 0.1) is 17.2 Å². The Hall–Kier alpha value is -1.04. The highest BCUT2D eigenvalue weighted by Crippen LogP contribution is 2.28. The van der Waals surface area contributed by atoms with Crippen molar-refractivity contribution in [3.05, 3.63) is 34.3 Å². The molecule has 0 radical (unpaired) electrons. The molecule has 96 valence electrons. The number of benzene rings is 1. The Morgan fingerprint density at radius 1 is 1.39 bits per heavy atom. The first-order chi connectivity index (χ1) is 8.70. The standard InChI is InChI=1S/C15H18ClNO/c1-11-4-2-3-5-15(11)18-10-13-7-6-12(9-17)8-14(13)16/h6-8,11,15H,2-5,10H2,1H3. The predicted molar refractivity (Wildman–Crippen MR) is 72.4 cm³/mol. The Kier molecular flexibility index (Phi) is 4.63. The second-order valence-electron chi connectivity index (χ2n) is 5.03. The third-order valence-electron chi connectivity index (χ3n) is 3.67. The van der Waals surface area contributed by atoms with Crippen LogP contribution in [0.2, 0.25) is 5.02 Å². The zero-order valence-electron chi connectivity index (χ0n) is 10.7. The molecule has 2 nitrogen and oxygen atoms in total. The summed E-state index contributed by atoms with van der Waals surface area (Å²) in [5, 5.41) is 9.40. The van der Waals surface area contributed by atoms with Crippen LogP contribution >= 0.6 is 11.6 Å². The lowest BCUT2D eigenvalue weighted by molar-refractivity contribution is -0.0154. The van der Waals surface area contributed by atoms with Gasteiger partial charge in [0.05, 0.1) is 24.3 Å². The minimum Gasteiger partial charge on any atom is -0.373 e. The predicted octanol–water partition coefficient (Wildman–Crippen LogP) is 4.31. The Morgan fingerprint density at radius 2 is 2.17 bits per heavy atom. The molecule has 1 aliphatic rings. The second-order valence-corrected chi connectivity index (χ2v) is 5.44. The summed E-state index contributed by atoms with van der Waals surface area (Å²) in [7, 11) is 0. The Bertz CT molecular complexity index is 452. The highest BCUT2D eigenvalue weighted by atomic mass is 35.5. The van der Waals surface area contributed by atoms with Crippen LogP contribution in [0.5, 0.6) is 0 Å². The van der Waals surface area contributed by atoms with Gasteiger partial charge in [-0.2, -0.15) is 5.26 Å². The van der Waals surface area contributed by atoms with Crippen molar-refractivity contribution in [3.63, 3.8) is 0 Å². The maximum Gasteiger partial charge on any atom is 0.0992 e. The van der Waals surface area contributed by atoms with Gasteiger partial charge in [-0.15, -0.1) is 0 Å². The normalized spacial score (nSPS) is 23.6. The summed E-state index contributed by atoms with van der Waals surface area (Å²) in [4.78, 5) is 0. The molecule has 3 heteroatoms. The summed E-state index contributed by atoms with van der Waals surface area (Å²) in [6, 6.07) is 7.45. The van der Waals surface area contributed by atoms with Crippen LogP contribution in [0.4, 0.5) is 0 Å². The van der Waals surface area contributed by atoms with Crippen LogP contribution in [0.25, 0.3) is 0 Å². The van der Waals surface area contributed by atoms with Gasteiger partial charge in [-0.25, -0.2) is 0 Å². The molecule has 1 fully saturated rings. The molecule has 0 N–H and O–H groups in total. The van der Waals surface area contributed by atoms with Crippen molar-refractivity contribution in [2.24, 2.45) is 5.92 Å². The van der Waals surface area contributed by atoms with E-state index in [-0.39, 0.29) is 0 Å². The van der Waals surface area contributed by atoms with Crippen molar-refractivity contribution in [1.82, 2.24) is 0 Å². The maximum atomic E-state index is 8.78. The topological polar surface area (TPSA) is 33.0 Å². The number of rotatable bonds is 3. The molecule has 0 aliphatic heterocycles. The molecule has 0 heterocycles.